The van der Waals surface area contributed by atoms with Crippen LogP contribution in [0.25, 0.3) is 0 Å². The number of rotatable bonds is 4. The van der Waals surface area contributed by atoms with Crippen LogP contribution in [0.15, 0.2) is 0 Å². The fourth-order valence-corrected chi connectivity index (χ4v) is 1.61. The Morgan fingerprint density at radius 2 is 1.27 bits per heavy atom. The van der Waals surface area contributed by atoms with E-state index in [9.17, 15) is 8.42 Å². The molecule has 0 saturated carbocycles. The Hall–Kier alpha value is -0.130. The van der Waals surface area contributed by atoms with E-state index in [0.717, 1.165) is 0 Å². The number of methoxy groups -OCH3 is 2. The van der Waals surface area contributed by atoms with Crippen LogP contribution in [0.4, 0.5) is 0 Å². The molecule has 0 bridgehead atoms. The molecule has 0 radical (unpaired) electrons. The van der Waals surface area contributed by atoms with Crippen molar-refractivity contribution in [2.75, 3.05) is 14.2 Å². The first kappa shape index (κ1) is 10.9. The van der Waals surface area contributed by atoms with Gasteiger partial charge < -0.3 is 9.47 Å². The van der Waals surface area contributed by atoms with E-state index in [4.69, 9.17) is 0 Å². The lowest BCUT2D eigenvalue weighted by Crippen LogP contribution is -2.30. The van der Waals surface area contributed by atoms with Gasteiger partial charge in [-0.3, -0.25) is 0 Å². The first-order valence-electron chi connectivity index (χ1n) is 3.25. The van der Waals surface area contributed by atoms with Crippen molar-refractivity contribution in [1.29, 1.82) is 0 Å². The molecule has 0 aromatic heterocycles. The van der Waals surface area contributed by atoms with Crippen LogP contribution in [-0.2, 0) is 19.3 Å². The van der Waals surface area contributed by atoms with E-state index in [0.29, 0.717) is 0 Å². The molecule has 0 rings (SSSR count). The summed E-state index contributed by atoms with van der Waals surface area (Å²) in [5, 5.41) is 0. The predicted molar refractivity (Wildman–Crippen MR) is 41.9 cm³/mol. The van der Waals surface area contributed by atoms with Gasteiger partial charge >= 0.3 is 0 Å². The Labute approximate surface area is 67.4 Å². The highest BCUT2D eigenvalue weighted by atomic mass is 32.2. The summed E-state index contributed by atoms with van der Waals surface area (Å²) in [7, 11) is -0.580. The first-order valence-corrected chi connectivity index (χ1v) is 4.86. The van der Waals surface area contributed by atoms with Crippen molar-refractivity contribution in [2.45, 2.75) is 24.7 Å². The van der Waals surface area contributed by atoms with Gasteiger partial charge in [0.05, 0.1) is 0 Å². The first-order chi connectivity index (χ1) is 4.96. The van der Waals surface area contributed by atoms with E-state index in [-0.39, 0.29) is 0 Å². The van der Waals surface area contributed by atoms with Gasteiger partial charge in [0.2, 0.25) is 9.84 Å². The molecule has 5 heteroatoms. The van der Waals surface area contributed by atoms with E-state index in [1.165, 1.54) is 28.1 Å². The second-order valence-corrected chi connectivity index (χ2v) is 4.70. The molecule has 0 fully saturated rings. The van der Waals surface area contributed by atoms with Crippen LogP contribution in [0, 0.1) is 0 Å². The minimum atomic E-state index is -3.28. The zero-order chi connectivity index (χ0) is 9.07. The molecule has 0 heterocycles. The highest BCUT2D eigenvalue weighted by Gasteiger charge is 2.27. The molecule has 0 amide bonds. The summed E-state index contributed by atoms with van der Waals surface area (Å²) in [5.41, 5.74) is -1.62. The summed E-state index contributed by atoms with van der Waals surface area (Å²) >= 11 is 0. The van der Waals surface area contributed by atoms with Crippen LogP contribution in [-0.4, -0.2) is 33.5 Å². The van der Waals surface area contributed by atoms with Crippen molar-refractivity contribution in [3.05, 3.63) is 0 Å². The normalized spacial score (nSPS) is 17.8. The molecule has 2 atom stereocenters. The summed E-state index contributed by atoms with van der Waals surface area (Å²) in [6, 6.07) is 0. The van der Waals surface area contributed by atoms with Gasteiger partial charge in [0.15, 0.2) is 10.9 Å². The van der Waals surface area contributed by atoms with Crippen LogP contribution in [0.1, 0.15) is 13.8 Å². The molecule has 0 N–H and O–H groups in total. The molecule has 11 heavy (non-hydrogen) atoms. The summed E-state index contributed by atoms with van der Waals surface area (Å²) < 4.78 is 31.8. The second-order valence-electron chi connectivity index (χ2n) is 2.20. The average Bonchev–Trinajstić information content (AvgIpc) is 2.01. The Morgan fingerprint density at radius 3 is 1.45 bits per heavy atom. The molecule has 2 unspecified atom stereocenters. The van der Waals surface area contributed by atoms with Gasteiger partial charge in [-0.05, 0) is 13.8 Å². The van der Waals surface area contributed by atoms with Gasteiger partial charge in [-0.15, -0.1) is 0 Å². The highest BCUT2D eigenvalue weighted by molar-refractivity contribution is 7.92. The monoisotopic (exact) mass is 182 g/mol. The van der Waals surface area contributed by atoms with Gasteiger partial charge in [0, 0.05) is 14.2 Å². The summed E-state index contributed by atoms with van der Waals surface area (Å²) in [6.07, 6.45) is 0. The summed E-state index contributed by atoms with van der Waals surface area (Å²) in [6.45, 7) is 2.95. The van der Waals surface area contributed by atoms with E-state index in [1.807, 2.05) is 0 Å². The molecular weight excluding hydrogens is 168 g/mol. The Bertz CT molecular complexity index is 181. The number of hydrogen-bond donors (Lipinski definition) is 0. The number of hydrogen-bond acceptors (Lipinski definition) is 4. The largest absolute Gasteiger partial charge is 0.366 e. The Morgan fingerprint density at radius 1 is 1.00 bits per heavy atom. The van der Waals surface area contributed by atoms with Crippen molar-refractivity contribution in [1.82, 2.24) is 0 Å². The van der Waals surface area contributed by atoms with Crippen molar-refractivity contribution >= 4 is 9.84 Å². The lowest BCUT2D eigenvalue weighted by molar-refractivity contribution is 0.148. The van der Waals surface area contributed by atoms with Crippen LogP contribution >= 0.6 is 0 Å². The van der Waals surface area contributed by atoms with E-state index < -0.39 is 20.7 Å². The molecular formula is C6H14O4S. The van der Waals surface area contributed by atoms with Crippen LogP contribution in [0.2, 0.25) is 0 Å². The minimum Gasteiger partial charge on any atom is -0.366 e. The van der Waals surface area contributed by atoms with E-state index >= 15 is 0 Å². The second kappa shape index (κ2) is 4.04. The maximum atomic E-state index is 11.2. The molecule has 68 valence electrons. The maximum Gasteiger partial charge on any atom is 0.203 e. The van der Waals surface area contributed by atoms with Gasteiger partial charge in [-0.1, -0.05) is 0 Å². The minimum absolute atomic E-state index is 0.808. The predicted octanol–water partition coefficient (Wildman–Crippen LogP) is 0.386. The van der Waals surface area contributed by atoms with Gasteiger partial charge in [0.25, 0.3) is 0 Å². The molecule has 4 nitrogen and oxygen atoms in total. The summed E-state index contributed by atoms with van der Waals surface area (Å²) in [5.74, 6) is 0. The molecule has 0 aromatic carbocycles. The zero-order valence-corrected chi connectivity index (χ0v) is 8.01. The SMILES string of the molecule is COC(C)S(=O)(=O)C(C)OC. The van der Waals surface area contributed by atoms with Crippen LogP contribution < -0.4 is 0 Å². The fraction of sp³-hybridized carbons (Fsp3) is 1.00. The van der Waals surface area contributed by atoms with E-state index in [1.54, 1.807) is 0 Å². The van der Waals surface area contributed by atoms with Crippen LogP contribution in [0.3, 0.4) is 0 Å². The van der Waals surface area contributed by atoms with E-state index in [2.05, 4.69) is 9.47 Å². The molecule has 0 aliphatic heterocycles. The standard InChI is InChI=1S/C6H14O4S/c1-5(9-3)11(7,8)6(2)10-4/h5-6H,1-4H3. The number of sulfone groups is 1. The molecule has 0 aromatic rings. The van der Waals surface area contributed by atoms with Crippen LogP contribution in [0.5, 0.6) is 0 Å². The summed E-state index contributed by atoms with van der Waals surface area (Å²) in [4.78, 5) is 0. The third kappa shape index (κ3) is 2.43. The third-order valence-electron chi connectivity index (χ3n) is 1.59. The Balaban J connectivity index is 4.46. The third-order valence-corrected chi connectivity index (χ3v) is 3.82. The van der Waals surface area contributed by atoms with Gasteiger partial charge in [-0.25, -0.2) is 8.42 Å². The van der Waals surface area contributed by atoms with Crippen molar-refractivity contribution < 1.29 is 17.9 Å². The smallest absolute Gasteiger partial charge is 0.203 e. The molecule has 0 saturated heterocycles. The highest BCUT2D eigenvalue weighted by Crippen LogP contribution is 2.09. The molecule has 0 aliphatic carbocycles. The van der Waals surface area contributed by atoms with Crippen molar-refractivity contribution in [3.63, 3.8) is 0 Å². The average molecular weight is 182 g/mol. The van der Waals surface area contributed by atoms with Gasteiger partial charge in [0.1, 0.15) is 0 Å². The van der Waals surface area contributed by atoms with Crippen molar-refractivity contribution in [2.24, 2.45) is 0 Å². The lowest BCUT2D eigenvalue weighted by Gasteiger charge is -2.15. The topological polar surface area (TPSA) is 52.6 Å². The number of ether oxygens (including phenoxy) is 2. The molecule has 0 aliphatic rings. The van der Waals surface area contributed by atoms with Gasteiger partial charge in [-0.2, -0.15) is 0 Å². The molecule has 0 spiro atoms. The maximum absolute atomic E-state index is 11.2. The van der Waals surface area contributed by atoms with Crippen molar-refractivity contribution in [3.8, 4) is 0 Å². The Kier molecular flexibility index (Phi) is 3.99. The zero-order valence-electron chi connectivity index (χ0n) is 7.20. The quantitative estimate of drug-likeness (QED) is 0.631. The lowest BCUT2D eigenvalue weighted by atomic mass is 10.8. The fourth-order valence-electron chi connectivity index (χ4n) is 0.538.